The molecule has 0 saturated carbocycles. The van der Waals surface area contributed by atoms with Crippen molar-refractivity contribution in [3.8, 4) is 11.4 Å². The number of rotatable bonds is 5. The molecule has 1 amide bonds. The molecule has 0 bridgehead atoms. The van der Waals surface area contributed by atoms with Crippen molar-refractivity contribution in [2.75, 3.05) is 5.32 Å². The number of anilines is 1. The number of pyridine rings is 1. The molecule has 0 radical (unpaired) electrons. The molecule has 122 valence electrons. The standard InChI is InChI=1S/C16H14ClN5OS/c1-10(15(23)19-13-8-7-12(17)9-18-13)24-16-20-14(21-22-16)11-5-3-2-4-6-11/h2-10H,1H3,(H,18,19,23)(H,20,21,22). The van der Waals surface area contributed by atoms with E-state index < -0.39 is 0 Å². The molecule has 24 heavy (non-hydrogen) atoms. The van der Waals surface area contributed by atoms with Crippen LogP contribution in [0, 0.1) is 0 Å². The highest BCUT2D eigenvalue weighted by Gasteiger charge is 2.18. The van der Waals surface area contributed by atoms with Gasteiger partial charge >= 0.3 is 0 Å². The monoisotopic (exact) mass is 359 g/mol. The van der Waals surface area contributed by atoms with Crippen LogP contribution in [0.4, 0.5) is 5.82 Å². The predicted molar refractivity (Wildman–Crippen MR) is 95.0 cm³/mol. The number of halogens is 1. The number of benzene rings is 1. The molecule has 2 heterocycles. The molecule has 1 aromatic carbocycles. The lowest BCUT2D eigenvalue weighted by Crippen LogP contribution is -2.23. The summed E-state index contributed by atoms with van der Waals surface area (Å²) in [6.07, 6.45) is 1.48. The first-order valence-corrected chi connectivity index (χ1v) is 8.44. The fourth-order valence-corrected chi connectivity index (χ4v) is 2.75. The van der Waals surface area contributed by atoms with Crippen molar-refractivity contribution < 1.29 is 4.79 Å². The lowest BCUT2D eigenvalue weighted by atomic mass is 10.2. The summed E-state index contributed by atoms with van der Waals surface area (Å²) in [5, 5.41) is 10.4. The molecule has 3 aromatic rings. The van der Waals surface area contributed by atoms with Crippen LogP contribution in [0.5, 0.6) is 0 Å². The molecule has 6 nitrogen and oxygen atoms in total. The van der Waals surface area contributed by atoms with Crippen molar-refractivity contribution in [1.29, 1.82) is 0 Å². The van der Waals surface area contributed by atoms with Crippen molar-refractivity contribution in [3.63, 3.8) is 0 Å². The van der Waals surface area contributed by atoms with Gasteiger partial charge in [0.15, 0.2) is 5.82 Å². The first kappa shape index (κ1) is 16.5. The summed E-state index contributed by atoms with van der Waals surface area (Å²) in [7, 11) is 0. The predicted octanol–water partition coefficient (Wildman–Crippen LogP) is 3.64. The Balaban J connectivity index is 1.62. The second kappa shape index (κ2) is 7.46. The van der Waals surface area contributed by atoms with Crippen molar-refractivity contribution in [1.82, 2.24) is 20.2 Å². The summed E-state index contributed by atoms with van der Waals surface area (Å²) >= 11 is 7.04. The maximum atomic E-state index is 12.2. The molecule has 1 atom stereocenters. The Morgan fingerprint density at radius 3 is 2.75 bits per heavy atom. The lowest BCUT2D eigenvalue weighted by molar-refractivity contribution is -0.115. The topological polar surface area (TPSA) is 83.6 Å². The summed E-state index contributed by atoms with van der Waals surface area (Å²) in [5.41, 5.74) is 0.944. The van der Waals surface area contributed by atoms with Crippen LogP contribution >= 0.6 is 23.4 Å². The van der Waals surface area contributed by atoms with Gasteiger partial charge in [-0.2, -0.15) is 0 Å². The maximum Gasteiger partial charge on any atom is 0.238 e. The third kappa shape index (κ3) is 4.12. The van der Waals surface area contributed by atoms with Crippen molar-refractivity contribution in [3.05, 3.63) is 53.7 Å². The zero-order valence-electron chi connectivity index (χ0n) is 12.7. The van der Waals surface area contributed by atoms with Gasteiger partial charge in [-0.1, -0.05) is 53.7 Å². The maximum absolute atomic E-state index is 12.2. The van der Waals surface area contributed by atoms with E-state index in [1.54, 1.807) is 19.1 Å². The molecule has 2 aromatic heterocycles. The van der Waals surface area contributed by atoms with Crippen LogP contribution in [0.2, 0.25) is 5.02 Å². The molecule has 2 N–H and O–H groups in total. The lowest BCUT2D eigenvalue weighted by Gasteiger charge is -2.09. The number of carbonyl (C=O) groups is 1. The third-order valence-electron chi connectivity index (χ3n) is 3.14. The number of carbonyl (C=O) groups excluding carboxylic acids is 1. The number of amides is 1. The number of hydrogen-bond donors (Lipinski definition) is 2. The Morgan fingerprint density at radius 2 is 2.04 bits per heavy atom. The van der Waals surface area contributed by atoms with Crippen LogP contribution in [-0.2, 0) is 4.79 Å². The van der Waals surface area contributed by atoms with Crippen LogP contribution < -0.4 is 5.32 Å². The Labute approximate surface area is 148 Å². The van der Waals surface area contributed by atoms with Gasteiger partial charge in [0, 0.05) is 11.8 Å². The van der Waals surface area contributed by atoms with Crippen LogP contribution in [0.3, 0.4) is 0 Å². The highest BCUT2D eigenvalue weighted by molar-refractivity contribution is 8.00. The van der Waals surface area contributed by atoms with Gasteiger partial charge in [0.25, 0.3) is 0 Å². The smallest absolute Gasteiger partial charge is 0.238 e. The van der Waals surface area contributed by atoms with Gasteiger partial charge in [0.05, 0.1) is 10.3 Å². The number of H-pyrrole nitrogens is 1. The van der Waals surface area contributed by atoms with E-state index in [0.717, 1.165) is 5.56 Å². The van der Waals surface area contributed by atoms with E-state index in [1.807, 2.05) is 30.3 Å². The first-order valence-electron chi connectivity index (χ1n) is 7.19. The van der Waals surface area contributed by atoms with Gasteiger partial charge < -0.3 is 5.32 Å². The molecule has 0 aliphatic carbocycles. The minimum Gasteiger partial charge on any atom is -0.310 e. The van der Waals surface area contributed by atoms with E-state index in [9.17, 15) is 4.79 Å². The van der Waals surface area contributed by atoms with Crippen molar-refractivity contribution in [2.45, 2.75) is 17.3 Å². The summed E-state index contributed by atoms with van der Waals surface area (Å²) in [5.74, 6) is 0.947. The van der Waals surface area contributed by atoms with Gasteiger partial charge in [0.2, 0.25) is 11.1 Å². The van der Waals surface area contributed by atoms with Crippen molar-refractivity contribution in [2.24, 2.45) is 0 Å². The van der Waals surface area contributed by atoms with Crippen LogP contribution in [-0.4, -0.2) is 31.3 Å². The van der Waals surface area contributed by atoms with Crippen LogP contribution in [0.15, 0.2) is 53.8 Å². The highest BCUT2D eigenvalue weighted by Crippen LogP contribution is 2.23. The van der Waals surface area contributed by atoms with Gasteiger partial charge in [-0.25, -0.2) is 9.97 Å². The summed E-state index contributed by atoms with van der Waals surface area (Å²) < 4.78 is 0. The minimum atomic E-state index is -0.373. The minimum absolute atomic E-state index is 0.180. The van der Waals surface area contributed by atoms with Crippen LogP contribution in [0.25, 0.3) is 11.4 Å². The highest BCUT2D eigenvalue weighted by atomic mass is 35.5. The van der Waals surface area contributed by atoms with Gasteiger partial charge in [0.1, 0.15) is 5.82 Å². The number of aromatic amines is 1. The third-order valence-corrected chi connectivity index (χ3v) is 4.33. The summed E-state index contributed by atoms with van der Waals surface area (Å²) in [4.78, 5) is 20.7. The fourth-order valence-electron chi connectivity index (χ4n) is 1.91. The normalized spacial score (nSPS) is 11.9. The van der Waals surface area contributed by atoms with Crippen molar-refractivity contribution >= 4 is 35.1 Å². The zero-order valence-corrected chi connectivity index (χ0v) is 14.3. The number of thioether (sulfide) groups is 1. The SMILES string of the molecule is CC(Sc1n[nH]c(-c2ccccc2)n1)C(=O)Nc1ccc(Cl)cn1. The second-order valence-corrected chi connectivity index (χ2v) is 6.69. The molecule has 1 unspecified atom stereocenters. The number of nitrogens with one attached hydrogen (secondary N) is 2. The molecule has 0 spiro atoms. The summed E-state index contributed by atoms with van der Waals surface area (Å²) in [6.45, 7) is 1.79. The zero-order chi connectivity index (χ0) is 16.9. The molecule has 0 aliphatic heterocycles. The molecule has 0 fully saturated rings. The molecular formula is C16H14ClN5OS. The van der Waals surface area contributed by atoms with Gasteiger partial charge in [-0.05, 0) is 19.1 Å². The first-order chi connectivity index (χ1) is 11.6. The van der Waals surface area contributed by atoms with E-state index in [1.165, 1.54) is 18.0 Å². The Bertz CT molecular complexity index is 822. The number of nitrogens with zero attached hydrogens (tertiary/aromatic N) is 3. The average Bonchev–Trinajstić information content (AvgIpc) is 3.06. The van der Waals surface area contributed by atoms with E-state index in [0.29, 0.717) is 21.8 Å². The van der Waals surface area contributed by atoms with E-state index in [2.05, 4.69) is 25.5 Å². The van der Waals surface area contributed by atoms with E-state index >= 15 is 0 Å². The van der Waals surface area contributed by atoms with E-state index in [4.69, 9.17) is 11.6 Å². The second-order valence-electron chi connectivity index (χ2n) is 4.94. The Morgan fingerprint density at radius 1 is 1.25 bits per heavy atom. The van der Waals surface area contributed by atoms with Crippen LogP contribution in [0.1, 0.15) is 6.92 Å². The number of aromatic nitrogens is 4. The molecule has 0 aliphatic rings. The van der Waals surface area contributed by atoms with Gasteiger partial charge in [-0.3, -0.25) is 9.89 Å². The molecule has 8 heteroatoms. The van der Waals surface area contributed by atoms with Gasteiger partial charge in [-0.15, -0.1) is 5.10 Å². The molecular weight excluding hydrogens is 346 g/mol. The largest absolute Gasteiger partial charge is 0.310 e. The molecule has 3 rings (SSSR count). The number of hydrogen-bond acceptors (Lipinski definition) is 5. The Hall–Kier alpha value is -2.38. The summed E-state index contributed by atoms with van der Waals surface area (Å²) in [6, 6.07) is 13.0. The quantitative estimate of drug-likeness (QED) is 0.679. The fraction of sp³-hybridized carbons (Fsp3) is 0.125. The Kier molecular flexibility index (Phi) is 5.12. The average molecular weight is 360 g/mol. The molecule has 0 saturated heterocycles. The van der Waals surface area contributed by atoms with E-state index in [-0.39, 0.29) is 11.2 Å².